The van der Waals surface area contributed by atoms with Gasteiger partial charge in [0.15, 0.2) is 0 Å². The molecule has 146 valence electrons. The number of nitrogens with zero attached hydrogens (tertiary/aromatic N) is 1. The lowest BCUT2D eigenvalue weighted by atomic mass is 9.97. The molecule has 1 fully saturated rings. The number of hydrogen-bond donors (Lipinski definition) is 2. The van der Waals surface area contributed by atoms with Crippen LogP contribution >= 0.6 is 11.3 Å². The first-order chi connectivity index (χ1) is 13.2. The average molecular weight is 388 g/mol. The standard InChI is InChI=1S/C21H29N3O2S/c25-18(22-13-5-8-14-6-1-2-7-14)12-11-17-23-20(26)19-15-9-3-4-10-16(15)27-21(19)24-17/h14H,1-13H2,(H,22,25)(H,23,24,26). The monoisotopic (exact) mass is 387 g/mol. The maximum absolute atomic E-state index is 12.5. The van der Waals surface area contributed by atoms with Gasteiger partial charge in [-0.1, -0.05) is 25.7 Å². The summed E-state index contributed by atoms with van der Waals surface area (Å²) in [5.41, 5.74) is 1.17. The SMILES string of the molecule is O=C(CCc1nc2sc3c(c2c(=O)[nH]1)CCCC3)NCCCC1CCCC1. The highest BCUT2D eigenvalue weighted by Gasteiger charge is 2.20. The van der Waals surface area contributed by atoms with Crippen molar-refractivity contribution < 1.29 is 4.79 Å². The smallest absolute Gasteiger partial charge is 0.259 e. The Hall–Kier alpha value is -1.69. The summed E-state index contributed by atoms with van der Waals surface area (Å²) in [6, 6.07) is 0. The van der Waals surface area contributed by atoms with Crippen LogP contribution in [-0.2, 0) is 24.1 Å². The zero-order valence-electron chi connectivity index (χ0n) is 15.9. The van der Waals surface area contributed by atoms with E-state index in [9.17, 15) is 9.59 Å². The van der Waals surface area contributed by atoms with Gasteiger partial charge in [-0.15, -0.1) is 11.3 Å². The molecule has 0 aromatic carbocycles. The Morgan fingerprint density at radius 2 is 2.00 bits per heavy atom. The summed E-state index contributed by atoms with van der Waals surface area (Å²) < 4.78 is 0. The number of carbonyl (C=O) groups is 1. The van der Waals surface area contributed by atoms with Crippen LogP contribution in [0.1, 0.15) is 74.1 Å². The van der Waals surface area contributed by atoms with Crippen LogP contribution < -0.4 is 10.9 Å². The fourth-order valence-corrected chi connectivity index (χ4v) is 5.85. The van der Waals surface area contributed by atoms with E-state index >= 15 is 0 Å². The number of aromatic nitrogens is 2. The summed E-state index contributed by atoms with van der Waals surface area (Å²) in [5.74, 6) is 1.56. The molecule has 0 bridgehead atoms. The number of H-pyrrole nitrogens is 1. The first-order valence-corrected chi connectivity index (χ1v) is 11.3. The van der Waals surface area contributed by atoms with Gasteiger partial charge in [-0.05, 0) is 50.0 Å². The summed E-state index contributed by atoms with van der Waals surface area (Å²) in [5, 5.41) is 3.80. The van der Waals surface area contributed by atoms with E-state index < -0.39 is 0 Å². The molecule has 0 aliphatic heterocycles. The number of amides is 1. The number of aryl methyl sites for hydroxylation is 3. The molecule has 2 N–H and O–H groups in total. The number of fused-ring (bicyclic) bond motifs is 3. The Bertz CT molecular complexity index is 864. The first kappa shape index (κ1) is 18.7. The van der Waals surface area contributed by atoms with Crippen molar-refractivity contribution in [2.75, 3.05) is 6.54 Å². The number of aromatic amines is 1. The van der Waals surface area contributed by atoms with Gasteiger partial charge in [0.25, 0.3) is 5.56 Å². The molecular formula is C21H29N3O2S. The predicted octanol–water partition coefficient (Wildman–Crippen LogP) is 3.88. The van der Waals surface area contributed by atoms with Crippen LogP contribution in [0.2, 0.25) is 0 Å². The second kappa shape index (κ2) is 8.55. The van der Waals surface area contributed by atoms with E-state index in [1.807, 2.05) is 0 Å². The van der Waals surface area contributed by atoms with E-state index in [-0.39, 0.29) is 11.5 Å². The average Bonchev–Trinajstić information content (AvgIpc) is 3.30. The van der Waals surface area contributed by atoms with Crippen LogP contribution in [0.5, 0.6) is 0 Å². The normalized spacial score (nSPS) is 17.3. The number of thiophene rings is 1. The van der Waals surface area contributed by atoms with Crippen molar-refractivity contribution in [1.82, 2.24) is 15.3 Å². The Kier molecular flexibility index (Phi) is 5.91. The predicted molar refractivity (Wildman–Crippen MR) is 109 cm³/mol. The molecule has 0 spiro atoms. The van der Waals surface area contributed by atoms with Gasteiger partial charge in [0.05, 0.1) is 5.39 Å². The van der Waals surface area contributed by atoms with Gasteiger partial charge in [0.2, 0.25) is 5.91 Å². The number of rotatable bonds is 7. The molecule has 2 heterocycles. The second-order valence-corrected chi connectivity index (χ2v) is 9.13. The molecule has 6 heteroatoms. The Morgan fingerprint density at radius 1 is 1.19 bits per heavy atom. The molecule has 2 aromatic rings. The molecule has 2 aliphatic carbocycles. The van der Waals surface area contributed by atoms with E-state index in [2.05, 4.69) is 15.3 Å². The Morgan fingerprint density at radius 3 is 2.85 bits per heavy atom. The molecule has 1 amide bonds. The van der Waals surface area contributed by atoms with Gasteiger partial charge in [-0.2, -0.15) is 0 Å². The number of hydrogen-bond acceptors (Lipinski definition) is 4. The van der Waals surface area contributed by atoms with Crippen LogP contribution in [0.15, 0.2) is 4.79 Å². The molecular weight excluding hydrogens is 358 g/mol. The molecule has 0 atom stereocenters. The van der Waals surface area contributed by atoms with Crippen molar-refractivity contribution in [1.29, 1.82) is 0 Å². The van der Waals surface area contributed by atoms with Gasteiger partial charge < -0.3 is 10.3 Å². The highest BCUT2D eigenvalue weighted by molar-refractivity contribution is 7.18. The number of carbonyl (C=O) groups excluding carboxylic acids is 1. The van der Waals surface area contributed by atoms with Gasteiger partial charge >= 0.3 is 0 Å². The lowest BCUT2D eigenvalue weighted by Crippen LogP contribution is -2.25. The van der Waals surface area contributed by atoms with E-state index in [4.69, 9.17) is 0 Å². The van der Waals surface area contributed by atoms with Crippen molar-refractivity contribution in [3.63, 3.8) is 0 Å². The van der Waals surface area contributed by atoms with Crippen LogP contribution in [0.4, 0.5) is 0 Å². The highest BCUT2D eigenvalue weighted by Crippen LogP contribution is 2.33. The van der Waals surface area contributed by atoms with E-state index in [1.165, 1.54) is 49.0 Å². The molecule has 4 rings (SSSR count). The van der Waals surface area contributed by atoms with E-state index in [1.54, 1.807) is 11.3 Å². The third-order valence-corrected chi connectivity index (χ3v) is 7.23. The Labute approximate surface area is 164 Å². The molecule has 0 unspecified atom stereocenters. The number of nitrogens with one attached hydrogen (secondary N) is 2. The summed E-state index contributed by atoms with van der Waals surface area (Å²) in [6.07, 6.45) is 13.0. The Balaban J connectivity index is 1.29. The molecule has 5 nitrogen and oxygen atoms in total. The van der Waals surface area contributed by atoms with Gasteiger partial charge in [0.1, 0.15) is 10.7 Å². The van der Waals surface area contributed by atoms with E-state index in [0.29, 0.717) is 18.7 Å². The molecule has 0 saturated heterocycles. The van der Waals surface area contributed by atoms with Crippen molar-refractivity contribution in [2.24, 2.45) is 5.92 Å². The van der Waals surface area contributed by atoms with Crippen LogP contribution in [-0.4, -0.2) is 22.4 Å². The maximum atomic E-state index is 12.5. The zero-order chi connectivity index (χ0) is 18.6. The third-order valence-electron chi connectivity index (χ3n) is 6.05. The molecule has 2 aliphatic rings. The fraction of sp³-hybridized carbons (Fsp3) is 0.667. The van der Waals surface area contributed by atoms with Crippen molar-refractivity contribution in [2.45, 2.75) is 77.0 Å². The molecule has 2 aromatic heterocycles. The quantitative estimate of drug-likeness (QED) is 0.708. The van der Waals surface area contributed by atoms with Crippen molar-refractivity contribution in [3.05, 3.63) is 26.6 Å². The van der Waals surface area contributed by atoms with E-state index in [0.717, 1.165) is 48.4 Å². The maximum Gasteiger partial charge on any atom is 0.259 e. The summed E-state index contributed by atoms with van der Waals surface area (Å²) in [4.78, 5) is 34.3. The van der Waals surface area contributed by atoms with Crippen molar-refractivity contribution >= 4 is 27.5 Å². The topological polar surface area (TPSA) is 74.8 Å². The highest BCUT2D eigenvalue weighted by atomic mass is 32.1. The lowest BCUT2D eigenvalue weighted by molar-refractivity contribution is -0.121. The lowest BCUT2D eigenvalue weighted by Gasteiger charge is -2.10. The van der Waals surface area contributed by atoms with Crippen molar-refractivity contribution in [3.8, 4) is 0 Å². The third kappa shape index (κ3) is 4.42. The van der Waals surface area contributed by atoms with Crippen LogP contribution in [0.25, 0.3) is 10.2 Å². The second-order valence-electron chi connectivity index (χ2n) is 8.05. The summed E-state index contributed by atoms with van der Waals surface area (Å²) in [7, 11) is 0. The fourth-order valence-electron chi connectivity index (χ4n) is 4.56. The van der Waals surface area contributed by atoms with Gasteiger partial charge in [-0.3, -0.25) is 9.59 Å². The minimum absolute atomic E-state index is 0.0358. The molecule has 27 heavy (non-hydrogen) atoms. The van der Waals surface area contributed by atoms with Gasteiger partial charge in [-0.25, -0.2) is 4.98 Å². The largest absolute Gasteiger partial charge is 0.356 e. The van der Waals surface area contributed by atoms with Crippen LogP contribution in [0, 0.1) is 5.92 Å². The minimum atomic E-state index is -0.0358. The van der Waals surface area contributed by atoms with Crippen LogP contribution in [0.3, 0.4) is 0 Å². The zero-order valence-corrected chi connectivity index (χ0v) is 16.8. The molecule has 1 saturated carbocycles. The van der Waals surface area contributed by atoms with Gasteiger partial charge in [0, 0.05) is 24.3 Å². The summed E-state index contributed by atoms with van der Waals surface area (Å²) >= 11 is 1.66. The first-order valence-electron chi connectivity index (χ1n) is 10.5. The minimum Gasteiger partial charge on any atom is -0.356 e. The molecule has 0 radical (unpaired) electrons. The summed E-state index contributed by atoms with van der Waals surface area (Å²) in [6.45, 7) is 0.760.